The average molecular weight is 451 g/mol. The van der Waals surface area contributed by atoms with E-state index in [2.05, 4.69) is 80.7 Å². The molecular formula is C25H38BN5O2. The minimum Gasteiger partial charge on any atom is -0.399 e. The van der Waals surface area contributed by atoms with Crippen molar-refractivity contribution >= 4 is 18.3 Å². The van der Waals surface area contributed by atoms with Crippen molar-refractivity contribution in [3.8, 4) is 0 Å². The number of nitrogen functional groups attached to an aromatic ring is 1. The molecule has 1 aromatic heterocycles. The standard InChI is InChI=1S/C25H38BN5O2/c1-8-28-23-29-17(2)22(18(3)31(23)27)15-19-13-14-30(16-19)21-11-9-20(10-12-21)26-32-24(4,5)25(6,7)33-26/h9-12,19H,8,13-16,27H2,1-7H3/t19-/m0/s1. The first-order valence-corrected chi connectivity index (χ1v) is 12.1. The van der Waals surface area contributed by atoms with Gasteiger partial charge in [-0.15, -0.1) is 0 Å². The van der Waals surface area contributed by atoms with Crippen LogP contribution in [0.25, 0.3) is 0 Å². The molecule has 2 aliphatic heterocycles. The fraction of sp³-hybridized carbons (Fsp3) is 0.600. The minimum absolute atomic E-state index is 0.320. The van der Waals surface area contributed by atoms with Gasteiger partial charge in [-0.1, -0.05) is 12.1 Å². The second kappa shape index (κ2) is 8.80. The molecule has 0 spiro atoms. The van der Waals surface area contributed by atoms with Crippen LogP contribution in [-0.4, -0.2) is 47.6 Å². The molecule has 0 unspecified atom stereocenters. The predicted octanol–water partition coefficient (Wildman–Crippen LogP) is 2.50. The molecule has 0 bridgehead atoms. The number of nitrogens with zero attached hydrogens (tertiary/aromatic N) is 4. The van der Waals surface area contributed by atoms with Crippen LogP contribution in [0.15, 0.2) is 29.3 Å². The zero-order chi connectivity index (χ0) is 24.0. The van der Waals surface area contributed by atoms with E-state index in [9.17, 15) is 0 Å². The molecule has 4 rings (SSSR count). The fourth-order valence-electron chi connectivity index (χ4n) is 4.72. The van der Waals surface area contributed by atoms with Gasteiger partial charge in [-0.3, -0.25) is 0 Å². The summed E-state index contributed by atoms with van der Waals surface area (Å²) < 4.78 is 14.0. The molecule has 3 heterocycles. The molecule has 2 fully saturated rings. The van der Waals surface area contributed by atoms with Gasteiger partial charge in [0.25, 0.3) is 0 Å². The summed E-state index contributed by atoms with van der Waals surface area (Å²) in [6.45, 7) is 17.2. The van der Waals surface area contributed by atoms with Crippen molar-refractivity contribution in [2.45, 2.75) is 72.5 Å². The van der Waals surface area contributed by atoms with E-state index < -0.39 is 0 Å². The van der Waals surface area contributed by atoms with Crippen molar-refractivity contribution in [3.05, 3.63) is 46.8 Å². The van der Waals surface area contributed by atoms with Gasteiger partial charge in [0.2, 0.25) is 5.62 Å². The summed E-state index contributed by atoms with van der Waals surface area (Å²) >= 11 is 0. The molecule has 1 aromatic carbocycles. The maximum Gasteiger partial charge on any atom is 0.494 e. The van der Waals surface area contributed by atoms with Gasteiger partial charge >= 0.3 is 7.12 Å². The van der Waals surface area contributed by atoms with Crippen molar-refractivity contribution in [2.75, 3.05) is 30.4 Å². The van der Waals surface area contributed by atoms with Crippen LogP contribution in [0, 0.1) is 19.8 Å². The summed E-state index contributed by atoms with van der Waals surface area (Å²) in [6.07, 6.45) is 2.14. The molecule has 8 heteroatoms. The second-order valence-electron chi connectivity index (χ2n) is 10.4. The maximum absolute atomic E-state index is 6.26. The number of benzene rings is 1. The highest BCUT2D eigenvalue weighted by molar-refractivity contribution is 6.62. The van der Waals surface area contributed by atoms with Crippen LogP contribution in [0.5, 0.6) is 0 Å². The Labute approximate surface area is 198 Å². The van der Waals surface area contributed by atoms with Gasteiger partial charge in [0.15, 0.2) is 0 Å². The molecule has 2 aromatic rings. The third kappa shape index (κ3) is 4.55. The van der Waals surface area contributed by atoms with Crippen molar-refractivity contribution in [1.29, 1.82) is 0 Å². The summed E-state index contributed by atoms with van der Waals surface area (Å²) in [6, 6.07) is 8.65. The highest BCUT2D eigenvalue weighted by Crippen LogP contribution is 2.36. The zero-order valence-electron chi connectivity index (χ0n) is 21.2. The lowest BCUT2D eigenvalue weighted by molar-refractivity contribution is 0.00578. The first-order chi connectivity index (χ1) is 15.5. The van der Waals surface area contributed by atoms with E-state index in [-0.39, 0.29) is 18.3 Å². The number of aryl methyl sites for hydroxylation is 1. The Hall–Kier alpha value is -2.32. The van der Waals surface area contributed by atoms with Crippen LogP contribution in [0.3, 0.4) is 0 Å². The number of aromatic nitrogens is 2. The summed E-state index contributed by atoms with van der Waals surface area (Å²) in [5.41, 5.74) is 5.60. The first-order valence-electron chi connectivity index (χ1n) is 12.1. The van der Waals surface area contributed by atoms with Crippen LogP contribution in [0.4, 0.5) is 5.69 Å². The van der Waals surface area contributed by atoms with Crippen molar-refractivity contribution in [3.63, 3.8) is 0 Å². The van der Waals surface area contributed by atoms with Crippen LogP contribution in [0.2, 0.25) is 0 Å². The Kier molecular flexibility index (Phi) is 6.35. The van der Waals surface area contributed by atoms with E-state index in [1.54, 1.807) is 4.68 Å². The number of hydrogen-bond acceptors (Lipinski definition) is 6. The molecule has 2 saturated heterocycles. The summed E-state index contributed by atoms with van der Waals surface area (Å²) in [7, 11) is -0.320. The molecule has 178 valence electrons. The monoisotopic (exact) mass is 451 g/mol. The van der Waals surface area contributed by atoms with Crippen LogP contribution in [0.1, 0.15) is 58.0 Å². The third-order valence-electron chi connectivity index (χ3n) is 7.58. The molecule has 0 radical (unpaired) electrons. The van der Waals surface area contributed by atoms with Crippen LogP contribution in [-0.2, 0) is 15.7 Å². The van der Waals surface area contributed by atoms with Gasteiger partial charge in [0, 0.05) is 36.7 Å². The largest absolute Gasteiger partial charge is 0.494 e. The summed E-state index contributed by atoms with van der Waals surface area (Å²) in [5, 5.41) is 0. The van der Waals surface area contributed by atoms with Crippen LogP contribution >= 0.6 is 0 Å². The normalized spacial score (nSPS) is 22.4. The van der Waals surface area contributed by atoms with Gasteiger partial charge in [0.1, 0.15) is 0 Å². The van der Waals surface area contributed by atoms with E-state index >= 15 is 0 Å². The number of anilines is 1. The van der Waals surface area contributed by atoms with Crippen molar-refractivity contribution < 1.29 is 9.31 Å². The van der Waals surface area contributed by atoms with Crippen molar-refractivity contribution in [2.24, 2.45) is 10.9 Å². The highest BCUT2D eigenvalue weighted by Gasteiger charge is 2.51. The minimum atomic E-state index is -0.325. The van der Waals surface area contributed by atoms with Crippen molar-refractivity contribution in [1.82, 2.24) is 9.66 Å². The van der Waals surface area contributed by atoms with E-state index in [0.717, 1.165) is 42.8 Å². The lowest BCUT2D eigenvalue weighted by Crippen LogP contribution is -2.41. The van der Waals surface area contributed by atoms with Gasteiger partial charge in [-0.2, -0.15) is 0 Å². The Morgan fingerprint density at radius 3 is 2.36 bits per heavy atom. The Morgan fingerprint density at radius 2 is 1.76 bits per heavy atom. The lowest BCUT2D eigenvalue weighted by atomic mass is 9.79. The van der Waals surface area contributed by atoms with Gasteiger partial charge < -0.3 is 20.1 Å². The van der Waals surface area contributed by atoms with E-state index in [0.29, 0.717) is 18.1 Å². The summed E-state index contributed by atoms with van der Waals surface area (Å²) in [5.74, 6) is 6.83. The maximum atomic E-state index is 6.26. The average Bonchev–Trinajstić information content (AvgIpc) is 3.31. The molecule has 0 amide bonds. The Morgan fingerprint density at radius 1 is 1.12 bits per heavy atom. The fourth-order valence-corrected chi connectivity index (χ4v) is 4.72. The SMILES string of the molecule is CCN=c1nc(C)c(C[C@@H]2CCN(c3ccc(B4OC(C)(C)C(C)(C)O4)cc3)C2)c(C)n1N. The molecular weight excluding hydrogens is 413 g/mol. The number of nitrogens with two attached hydrogens (primary N) is 1. The van der Waals surface area contributed by atoms with E-state index in [4.69, 9.17) is 15.2 Å². The smallest absolute Gasteiger partial charge is 0.399 e. The second-order valence-corrected chi connectivity index (χ2v) is 10.4. The number of hydrogen-bond donors (Lipinski definition) is 1. The first kappa shape index (κ1) is 23.8. The molecule has 7 nitrogen and oxygen atoms in total. The third-order valence-corrected chi connectivity index (χ3v) is 7.58. The Balaban J connectivity index is 1.43. The van der Waals surface area contributed by atoms with Gasteiger partial charge in [0.05, 0.1) is 11.2 Å². The van der Waals surface area contributed by atoms with E-state index in [1.807, 2.05) is 6.92 Å². The summed E-state index contributed by atoms with van der Waals surface area (Å²) in [4.78, 5) is 11.5. The highest BCUT2D eigenvalue weighted by atomic mass is 16.7. The molecule has 0 aliphatic carbocycles. The van der Waals surface area contributed by atoms with Crippen LogP contribution < -0.4 is 21.8 Å². The molecule has 2 aliphatic rings. The molecule has 33 heavy (non-hydrogen) atoms. The predicted molar refractivity (Wildman–Crippen MR) is 134 cm³/mol. The zero-order valence-corrected chi connectivity index (χ0v) is 21.2. The molecule has 1 atom stereocenters. The van der Waals surface area contributed by atoms with Gasteiger partial charge in [-0.05, 0) is 90.4 Å². The molecule has 2 N–H and O–H groups in total. The Bertz CT molecular complexity index is 1060. The van der Waals surface area contributed by atoms with Gasteiger partial charge in [-0.25, -0.2) is 14.7 Å². The number of rotatable bonds is 5. The quantitative estimate of drug-likeness (QED) is 0.559. The molecule has 0 saturated carbocycles. The lowest BCUT2D eigenvalue weighted by Gasteiger charge is -2.32. The van der Waals surface area contributed by atoms with E-state index in [1.165, 1.54) is 11.3 Å². The topological polar surface area (TPSA) is 77.9 Å².